The lowest BCUT2D eigenvalue weighted by Gasteiger charge is -2.56. The third-order valence-corrected chi connectivity index (χ3v) is 8.22. The summed E-state index contributed by atoms with van der Waals surface area (Å²) in [5.74, 6) is 2.64. The van der Waals surface area contributed by atoms with Gasteiger partial charge in [-0.25, -0.2) is 4.98 Å². The topological polar surface area (TPSA) is 42.0 Å². The van der Waals surface area contributed by atoms with Gasteiger partial charge in [-0.05, 0) is 86.3 Å². The molecule has 1 aromatic heterocycles. The number of carbonyl (C=O) groups is 1. The van der Waals surface area contributed by atoms with Crippen molar-refractivity contribution in [2.24, 2.45) is 23.2 Å². The van der Waals surface area contributed by atoms with E-state index in [0.29, 0.717) is 26.2 Å². The van der Waals surface area contributed by atoms with Gasteiger partial charge in [-0.1, -0.05) is 23.2 Å². The van der Waals surface area contributed by atoms with E-state index >= 15 is 0 Å². The Bertz CT molecular complexity index is 859. The third kappa shape index (κ3) is 3.52. The van der Waals surface area contributed by atoms with Gasteiger partial charge in [0, 0.05) is 10.9 Å². The van der Waals surface area contributed by atoms with Crippen molar-refractivity contribution in [1.29, 1.82) is 0 Å². The number of carbonyl (C=O) groups excluding carboxylic acids is 1. The fraction of sp³-hybridized carbons (Fsp3) is 0.524. The fourth-order valence-electron chi connectivity index (χ4n) is 6.14. The lowest BCUT2D eigenvalue weighted by Crippen LogP contribution is -2.47. The standard InChI is InChI=1S/C21H22Cl2N2OS/c22-17-2-1-15(6-18(17)23)19(26)25-20-24-16(11-27-20)10-21-7-12-3-13(8-21)5-14(4-12)9-21/h1-2,6,11-14H,3-5,7-10H2,(H,24,25,26). The molecule has 142 valence electrons. The smallest absolute Gasteiger partial charge is 0.257 e. The number of halogens is 2. The molecule has 6 rings (SSSR count). The van der Waals surface area contributed by atoms with Gasteiger partial charge in [-0.15, -0.1) is 11.3 Å². The summed E-state index contributed by atoms with van der Waals surface area (Å²) in [5, 5.41) is 6.50. The van der Waals surface area contributed by atoms with Gasteiger partial charge in [0.1, 0.15) is 0 Å². The summed E-state index contributed by atoms with van der Waals surface area (Å²) in [7, 11) is 0. The number of rotatable bonds is 4. The number of amides is 1. The Balaban J connectivity index is 1.28. The zero-order chi connectivity index (χ0) is 18.6. The monoisotopic (exact) mass is 420 g/mol. The minimum absolute atomic E-state index is 0.204. The number of hydrogen-bond donors (Lipinski definition) is 1. The fourth-order valence-corrected chi connectivity index (χ4v) is 7.15. The van der Waals surface area contributed by atoms with Crippen LogP contribution < -0.4 is 5.32 Å². The molecule has 1 heterocycles. The van der Waals surface area contributed by atoms with Crippen molar-refractivity contribution in [1.82, 2.24) is 4.98 Å². The minimum Gasteiger partial charge on any atom is -0.298 e. The molecule has 4 bridgehead atoms. The lowest BCUT2D eigenvalue weighted by molar-refractivity contribution is -0.0525. The Hall–Kier alpha value is -1.10. The molecule has 27 heavy (non-hydrogen) atoms. The number of nitrogens with zero attached hydrogens (tertiary/aromatic N) is 1. The second kappa shape index (κ2) is 6.75. The maximum Gasteiger partial charge on any atom is 0.257 e. The van der Waals surface area contributed by atoms with Gasteiger partial charge in [-0.2, -0.15) is 0 Å². The zero-order valence-corrected chi connectivity index (χ0v) is 17.3. The first-order chi connectivity index (χ1) is 13.0. The largest absolute Gasteiger partial charge is 0.298 e. The van der Waals surface area contributed by atoms with Crippen LogP contribution in [0.4, 0.5) is 5.13 Å². The molecule has 0 radical (unpaired) electrons. The summed E-state index contributed by atoms with van der Waals surface area (Å²) in [5.41, 5.74) is 2.09. The highest BCUT2D eigenvalue weighted by atomic mass is 35.5. The molecule has 1 amide bonds. The van der Waals surface area contributed by atoms with Gasteiger partial charge in [0.15, 0.2) is 5.13 Å². The highest BCUT2D eigenvalue weighted by molar-refractivity contribution is 7.14. The first-order valence-electron chi connectivity index (χ1n) is 9.69. The van der Waals surface area contributed by atoms with E-state index in [1.54, 1.807) is 18.2 Å². The van der Waals surface area contributed by atoms with Gasteiger partial charge in [0.25, 0.3) is 5.91 Å². The number of anilines is 1. The van der Waals surface area contributed by atoms with E-state index in [2.05, 4.69) is 10.7 Å². The molecule has 0 spiro atoms. The molecule has 0 unspecified atom stereocenters. The molecule has 0 atom stereocenters. The van der Waals surface area contributed by atoms with E-state index < -0.39 is 0 Å². The van der Waals surface area contributed by atoms with Crippen molar-refractivity contribution in [3.8, 4) is 0 Å². The molecule has 1 N–H and O–H groups in total. The summed E-state index contributed by atoms with van der Waals surface area (Å²) in [6.07, 6.45) is 9.57. The van der Waals surface area contributed by atoms with Crippen LogP contribution in [0, 0.1) is 23.2 Å². The van der Waals surface area contributed by atoms with Crippen LogP contribution in [0.2, 0.25) is 10.0 Å². The first-order valence-corrected chi connectivity index (χ1v) is 11.3. The molecule has 3 nitrogen and oxygen atoms in total. The van der Waals surface area contributed by atoms with Crippen molar-refractivity contribution >= 4 is 45.6 Å². The van der Waals surface area contributed by atoms with Crippen LogP contribution in [0.1, 0.15) is 54.6 Å². The SMILES string of the molecule is O=C(Nc1nc(CC23CC4CC(CC(C4)C2)C3)cs1)c1ccc(Cl)c(Cl)c1. The van der Waals surface area contributed by atoms with E-state index in [9.17, 15) is 4.79 Å². The van der Waals surface area contributed by atoms with Gasteiger partial charge in [0.2, 0.25) is 0 Å². The maximum absolute atomic E-state index is 12.5. The normalized spacial score (nSPS) is 31.3. The maximum atomic E-state index is 12.5. The van der Waals surface area contributed by atoms with Crippen molar-refractivity contribution < 1.29 is 4.79 Å². The number of nitrogens with one attached hydrogen (secondary N) is 1. The van der Waals surface area contributed by atoms with Crippen LogP contribution in [0.5, 0.6) is 0 Å². The molecule has 4 saturated carbocycles. The number of aromatic nitrogens is 1. The summed E-state index contributed by atoms with van der Waals surface area (Å²) in [4.78, 5) is 17.2. The minimum atomic E-state index is -0.204. The number of hydrogen-bond acceptors (Lipinski definition) is 3. The highest BCUT2D eigenvalue weighted by Gasteiger charge is 2.50. The Labute approximate surface area is 173 Å². The Kier molecular flexibility index (Phi) is 4.49. The molecular weight excluding hydrogens is 399 g/mol. The van der Waals surface area contributed by atoms with E-state index in [1.807, 2.05) is 0 Å². The zero-order valence-electron chi connectivity index (χ0n) is 15.0. The van der Waals surface area contributed by atoms with Gasteiger partial charge in [-0.3, -0.25) is 10.1 Å². The molecule has 2 aromatic rings. The van der Waals surface area contributed by atoms with Crippen molar-refractivity contribution in [3.63, 3.8) is 0 Å². The molecule has 4 aliphatic carbocycles. The quantitative estimate of drug-likeness (QED) is 0.616. The molecule has 4 fully saturated rings. The Morgan fingerprint density at radius 2 is 1.78 bits per heavy atom. The summed E-state index contributed by atoms with van der Waals surface area (Å²) >= 11 is 13.4. The Morgan fingerprint density at radius 3 is 2.41 bits per heavy atom. The van der Waals surface area contributed by atoms with Gasteiger partial charge >= 0.3 is 0 Å². The average Bonchev–Trinajstić information content (AvgIpc) is 3.02. The highest BCUT2D eigenvalue weighted by Crippen LogP contribution is 2.61. The molecule has 4 aliphatic rings. The predicted molar refractivity (Wildman–Crippen MR) is 111 cm³/mol. The molecular formula is C21H22Cl2N2OS. The summed E-state index contributed by atoms with van der Waals surface area (Å²) in [6, 6.07) is 4.90. The number of thiazole rings is 1. The predicted octanol–water partition coefficient (Wildman–Crippen LogP) is 6.46. The summed E-state index contributed by atoms with van der Waals surface area (Å²) < 4.78 is 0. The van der Waals surface area contributed by atoms with Crippen LogP contribution in [0.25, 0.3) is 0 Å². The second-order valence-electron chi connectivity index (χ2n) is 8.82. The second-order valence-corrected chi connectivity index (χ2v) is 10.5. The van der Waals surface area contributed by atoms with Crippen LogP contribution in [-0.2, 0) is 6.42 Å². The van der Waals surface area contributed by atoms with Crippen LogP contribution in [-0.4, -0.2) is 10.9 Å². The molecule has 6 heteroatoms. The molecule has 0 aliphatic heterocycles. The summed E-state index contributed by atoms with van der Waals surface area (Å²) in [6.45, 7) is 0. The first kappa shape index (κ1) is 18.0. The van der Waals surface area contributed by atoms with E-state index in [4.69, 9.17) is 28.2 Å². The number of benzene rings is 1. The van der Waals surface area contributed by atoms with Gasteiger partial charge in [0.05, 0.1) is 15.7 Å². The lowest BCUT2D eigenvalue weighted by atomic mass is 9.48. The van der Waals surface area contributed by atoms with Crippen LogP contribution >= 0.6 is 34.5 Å². The van der Waals surface area contributed by atoms with E-state index in [0.717, 1.165) is 29.9 Å². The van der Waals surface area contributed by atoms with Crippen molar-refractivity contribution in [3.05, 3.63) is 44.9 Å². The molecule has 0 saturated heterocycles. The molecule has 1 aromatic carbocycles. The van der Waals surface area contributed by atoms with Crippen LogP contribution in [0.15, 0.2) is 23.6 Å². The average molecular weight is 421 g/mol. The van der Waals surface area contributed by atoms with Gasteiger partial charge < -0.3 is 0 Å². The third-order valence-electron chi connectivity index (χ3n) is 6.68. The van der Waals surface area contributed by atoms with Crippen molar-refractivity contribution in [2.45, 2.75) is 44.9 Å². The Morgan fingerprint density at radius 1 is 1.11 bits per heavy atom. The van der Waals surface area contributed by atoms with Crippen molar-refractivity contribution in [2.75, 3.05) is 5.32 Å². The van der Waals surface area contributed by atoms with Crippen LogP contribution in [0.3, 0.4) is 0 Å². The van der Waals surface area contributed by atoms with E-state index in [1.165, 1.54) is 49.9 Å². The van der Waals surface area contributed by atoms with E-state index in [-0.39, 0.29) is 5.91 Å².